The van der Waals surface area contributed by atoms with Crippen LogP contribution in [0.2, 0.25) is 0 Å². The van der Waals surface area contributed by atoms with Gasteiger partial charge in [0.2, 0.25) is 5.91 Å². The number of fused-ring (bicyclic) bond motifs is 2. The van der Waals surface area contributed by atoms with E-state index >= 15 is 0 Å². The maximum absolute atomic E-state index is 12.7. The molecule has 0 bridgehead atoms. The maximum Gasteiger partial charge on any atom is 0.232 e. The fraction of sp³-hybridized carbons (Fsp3) is 0.577. The van der Waals surface area contributed by atoms with Gasteiger partial charge in [0, 0.05) is 34.6 Å². The number of pyridine rings is 1. The fourth-order valence-corrected chi connectivity index (χ4v) is 6.87. The molecule has 1 aliphatic heterocycles. The number of nitrogens with zero attached hydrogens (tertiary/aromatic N) is 2. The van der Waals surface area contributed by atoms with Gasteiger partial charge in [-0.1, -0.05) is 10.7 Å². The van der Waals surface area contributed by atoms with Crippen LogP contribution in [0.5, 0.6) is 0 Å². The van der Waals surface area contributed by atoms with Gasteiger partial charge in [0.25, 0.3) is 0 Å². The number of morpholine rings is 1. The van der Waals surface area contributed by atoms with Crippen molar-refractivity contribution in [3.63, 3.8) is 0 Å². The minimum Gasteiger partial charge on any atom is -0.372 e. The van der Waals surface area contributed by atoms with Gasteiger partial charge in [-0.15, -0.1) is 0 Å². The molecule has 6 nitrogen and oxygen atoms in total. The highest BCUT2D eigenvalue weighted by molar-refractivity contribution is 8.13. The van der Waals surface area contributed by atoms with E-state index in [4.69, 9.17) is 9.72 Å². The summed E-state index contributed by atoms with van der Waals surface area (Å²) in [6, 6.07) is 8.63. The number of hydrogen-bond donors (Lipinski definition) is 2. The summed E-state index contributed by atoms with van der Waals surface area (Å²) >= 11 is 0. The van der Waals surface area contributed by atoms with Crippen LogP contribution in [-0.2, 0) is 9.53 Å². The molecule has 176 valence electrons. The molecule has 0 radical (unpaired) electrons. The summed E-state index contributed by atoms with van der Waals surface area (Å²) in [6.45, 7) is 10.4. The summed E-state index contributed by atoms with van der Waals surface area (Å²) in [5.74, 6) is 1.43. The first-order valence-corrected chi connectivity index (χ1v) is 13.5. The second-order valence-electron chi connectivity index (χ2n) is 10.8. The highest BCUT2D eigenvalue weighted by Gasteiger charge is 2.74. The normalized spacial score (nSPS) is 32.4. The van der Waals surface area contributed by atoms with Gasteiger partial charge < -0.3 is 15.0 Å². The molecular weight excluding hydrogens is 432 g/mol. The lowest BCUT2D eigenvalue weighted by molar-refractivity contribution is -0.119. The molecule has 3 aliphatic carbocycles. The van der Waals surface area contributed by atoms with Crippen LogP contribution in [-0.4, -0.2) is 47.1 Å². The quantitative estimate of drug-likeness (QED) is 0.604. The van der Waals surface area contributed by atoms with Gasteiger partial charge in [0.1, 0.15) is 5.82 Å². The first kappa shape index (κ1) is 21.6. The van der Waals surface area contributed by atoms with Gasteiger partial charge in [-0.2, -0.15) is 0 Å². The molecule has 1 aromatic heterocycles. The van der Waals surface area contributed by atoms with E-state index in [1.54, 1.807) is 0 Å². The summed E-state index contributed by atoms with van der Waals surface area (Å²) in [5.41, 5.74) is 2.33. The minimum absolute atomic E-state index is 0.0585. The van der Waals surface area contributed by atoms with E-state index < -0.39 is 0 Å². The Morgan fingerprint density at radius 1 is 1.21 bits per heavy atom. The molecule has 4 fully saturated rings. The second-order valence-corrected chi connectivity index (χ2v) is 12.6. The van der Waals surface area contributed by atoms with Gasteiger partial charge in [-0.25, -0.2) is 4.98 Å². The Labute approximate surface area is 198 Å². The molecule has 2 N–H and O–H groups in total. The van der Waals surface area contributed by atoms with E-state index in [1.165, 1.54) is 23.4 Å². The third kappa shape index (κ3) is 3.98. The Morgan fingerprint density at radius 3 is 2.52 bits per heavy atom. The Hall–Kier alpha value is -1.96. The Morgan fingerprint density at radius 2 is 1.91 bits per heavy atom. The van der Waals surface area contributed by atoms with Crippen LogP contribution in [0.4, 0.5) is 11.5 Å². The smallest absolute Gasteiger partial charge is 0.232 e. The number of nitrogens with one attached hydrogen (secondary N) is 2. The monoisotopic (exact) mass is 466 g/mol. The highest BCUT2D eigenvalue weighted by Crippen LogP contribution is 2.75. The summed E-state index contributed by atoms with van der Waals surface area (Å²) in [5, 5.41) is 6.49. The SMILES string of the molecule is CC=S(NC1(C)CC1)c1cc(N2C[C@H](C)O[C@@H](C)C2)c2ccc(NC(=O)C34CC3C4)nc2c1. The van der Waals surface area contributed by atoms with Crippen molar-refractivity contribution >= 4 is 44.4 Å². The Kier molecular flexibility index (Phi) is 4.91. The average molecular weight is 467 g/mol. The van der Waals surface area contributed by atoms with E-state index in [1.807, 2.05) is 6.07 Å². The lowest BCUT2D eigenvalue weighted by Crippen LogP contribution is -2.45. The van der Waals surface area contributed by atoms with Crippen LogP contribution in [0.15, 0.2) is 29.2 Å². The summed E-state index contributed by atoms with van der Waals surface area (Å²) in [4.78, 5) is 21.3. The van der Waals surface area contributed by atoms with E-state index in [0.717, 1.165) is 36.8 Å². The molecule has 7 heteroatoms. The van der Waals surface area contributed by atoms with Gasteiger partial charge in [0.15, 0.2) is 0 Å². The number of ether oxygens (including phenoxy) is 1. The zero-order valence-electron chi connectivity index (χ0n) is 20.0. The molecule has 3 saturated carbocycles. The third-order valence-corrected chi connectivity index (χ3v) is 9.67. The Balaban J connectivity index is 1.40. The van der Waals surface area contributed by atoms with Crippen LogP contribution in [0.3, 0.4) is 0 Å². The van der Waals surface area contributed by atoms with Gasteiger partial charge >= 0.3 is 0 Å². The zero-order chi connectivity index (χ0) is 23.0. The predicted octanol–water partition coefficient (Wildman–Crippen LogP) is 4.70. The number of benzene rings is 1. The topological polar surface area (TPSA) is 66.5 Å². The van der Waals surface area contributed by atoms with E-state index in [2.05, 4.69) is 66.2 Å². The molecule has 4 aliphatic rings. The first-order chi connectivity index (χ1) is 15.8. The van der Waals surface area contributed by atoms with E-state index in [9.17, 15) is 4.79 Å². The van der Waals surface area contributed by atoms with E-state index in [0.29, 0.717) is 11.7 Å². The Bertz CT molecular complexity index is 1160. The summed E-state index contributed by atoms with van der Waals surface area (Å²) in [7, 11) is -0.165. The fourth-order valence-electron chi connectivity index (χ4n) is 5.15. The number of rotatable bonds is 6. The number of amides is 1. The highest BCUT2D eigenvalue weighted by atomic mass is 32.2. The van der Waals surface area contributed by atoms with Crippen molar-refractivity contribution in [3.05, 3.63) is 24.3 Å². The summed E-state index contributed by atoms with van der Waals surface area (Å²) in [6.07, 6.45) is 4.91. The average Bonchev–Trinajstić information content (AvgIpc) is 3.67. The van der Waals surface area contributed by atoms with Crippen molar-refractivity contribution in [2.45, 2.75) is 76.0 Å². The molecule has 1 amide bonds. The third-order valence-electron chi connectivity index (χ3n) is 7.74. The van der Waals surface area contributed by atoms with Crippen LogP contribution < -0.4 is 14.9 Å². The van der Waals surface area contributed by atoms with Crippen LogP contribution in [0.25, 0.3) is 10.9 Å². The maximum atomic E-state index is 12.7. The molecular formula is C26H34N4O2S. The second kappa shape index (κ2) is 7.52. The molecule has 1 saturated heterocycles. The molecule has 1 aromatic carbocycles. The minimum atomic E-state index is -0.165. The molecule has 2 aromatic rings. The predicted molar refractivity (Wildman–Crippen MR) is 136 cm³/mol. The molecule has 3 atom stereocenters. The number of carbonyl (C=O) groups excluding carboxylic acids is 1. The molecule has 33 heavy (non-hydrogen) atoms. The summed E-state index contributed by atoms with van der Waals surface area (Å²) < 4.78 is 9.86. The van der Waals surface area contributed by atoms with Gasteiger partial charge in [0.05, 0.1) is 23.1 Å². The van der Waals surface area contributed by atoms with Crippen molar-refractivity contribution in [1.82, 2.24) is 9.71 Å². The van der Waals surface area contributed by atoms with Gasteiger partial charge in [-0.05, 0) is 88.9 Å². The van der Waals surface area contributed by atoms with Crippen LogP contribution in [0.1, 0.15) is 53.4 Å². The lowest BCUT2D eigenvalue weighted by atomic mass is 10.1. The van der Waals surface area contributed by atoms with Gasteiger partial charge in [-0.3, -0.25) is 9.52 Å². The molecule has 1 unspecified atom stereocenters. The zero-order valence-corrected chi connectivity index (χ0v) is 20.8. The molecule has 0 spiro atoms. The number of anilines is 2. The number of carbonyl (C=O) groups is 1. The molecule has 2 heterocycles. The van der Waals surface area contributed by atoms with Crippen LogP contribution in [0, 0.1) is 11.3 Å². The van der Waals surface area contributed by atoms with Crippen molar-refractivity contribution in [2.75, 3.05) is 23.3 Å². The van der Waals surface area contributed by atoms with Crippen molar-refractivity contribution in [2.24, 2.45) is 11.3 Å². The lowest BCUT2D eigenvalue weighted by Gasteiger charge is -2.37. The van der Waals surface area contributed by atoms with E-state index in [-0.39, 0.29) is 39.7 Å². The number of aromatic nitrogens is 1. The number of hydrogen-bond acceptors (Lipinski definition) is 5. The van der Waals surface area contributed by atoms with Crippen molar-refractivity contribution in [1.29, 1.82) is 0 Å². The van der Waals surface area contributed by atoms with Crippen molar-refractivity contribution in [3.8, 4) is 0 Å². The largest absolute Gasteiger partial charge is 0.372 e. The first-order valence-electron chi connectivity index (χ1n) is 12.3. The van der Waals surface area contributed by atoms with Crippen molar-refractivity contribution < 1.29 is 9.53 Å². The molecule has 6 rings (SSSR count). The van der Waals surface area contributed by atoms with Crippen LogP contribution >= 0.6 is 10.7 Å². The standard InChI is InChI=1S/C26H34N4O2S/c1-5-33(29-25(4)8-9-25)19-10-21-20(22(11-19)30-14-16(2)32-17(3)15-30)6-7-23(27-21)28-24(31)26-12-18(26)13-26/h5-7,10-11,16-18,29H,8-9,12-15H2,1-4H3,(H,27,28,31)/t16-,17-,18?,26?,33?/m0/s1.